The SMILES string of the molecule is CCn1nc(C(=O)NCc2ccccc2)cc1-c1ccc(C(C)(C)C)cc1. The molecule has 1 amide bonds. The normalized spacial score (nSPS) is 11.4. The Morgan fingerprint density at radius 1 is 1.04 bits per heavy atom. The summed E-state index contributed by atoms with van der Waals surface area (Å²) in [5.74, 6) is -0.154. The van der Waals surface area contributed by atoms with Crippen LogP contribution in [0.4, 0.5) is 0 Å². The lowest BCUT2D eigenvalue weighted by Gasteiger charge is -2.19. The quantitative estimate of drug-likeness (QED) is 0.710. The molecule has 0 saturated heterocycles. The third-order valence-electron chi connectivity index (χ3n) is 4.65. The molecule has 1 heterocycles. The molecule has 0 saturated carbocycles. The van der Waals surface area contributed by atoms with Gasteiger partial charge in [-0.15, -0.1) is 0 Å². The second kappa shape index (κ2) is 7.78. The van der Waals surface area contributed by atoms with Crippen LogP contribution in [0.1, 0.15) is 49.3 Å². The minimum Gasteiger partial charge on any atom is -0.347 e. The number of hydrogen-bond acceptors (Lipinski definition) is 2. The van der Waals surface area contributed by atoms with Crippen LogP contribution in [-0.2, 0) is 18.5 Å². The number of hydrogen-bond donors (Lipinski definition) is 1. The average Bonchev–Trinajstić information content (AvgIpc) is 3.11. The first-order valence-corrected chi connectivity index (χ1v) is 9.39. The minimum atomic E-state index is -0.154. The molecule has 3 aromatic rings. The average molecular weight is 361 g/mol. The maximum Gasteiger partial charge on any atom is 0.272 e. The van der Waals surface area contributed by atoms with Gasteiger partial charge in [-0.25, -0.2) is 0 Å². The zero-order valence-corrected chi connectivity index (χ0v) is 16.5. The molecule has 0 aliphatic carbocycles. The Labute approximate surface area is 161 Å². The van der Waals surface area contributed by atoms with Gasteiger partial charge in [0.2, 0.25) is 0 Å². The maximum absolute atomic E-state index is 12.5. The molecule has 1 aromatic heterocycles. The fraction of sp³-hybridized carbons (Fsp3) is 0.304. The summed E-state index contributed by atoms with van der Waals surface area (Å²) in [4.78, 5) is 12.5. The molecule has 0 aliphatic heterocycles. The van der Waals surface area contributed by atoms with Crippen molar-refractivity contribution in [3.05, 3.63) is 77.5 Å². The van der Waals surface area contributed by atoms with Crippen LogP contribution in [0.2, 0.25) is 0 Å². The molecule has 0 atom stereocenters. The highest BCUT2D eigenvalue weighted by molar-refractivity contribution is 5.93. The van der Waals surface area contributed by atoms with Gasteiger partial charge >= 0.3 is 0 Å². The summed E-state index contributed by atoms with van der Waals surface area (Å²) in [5.41, 5.74) is 4.95. The van der Waals surface area contributed by atoms with E-state index in [0.29, 0.717) is 18.8 Å². The van der Waals surface area contributed by atoms with Crippen LogP contribution in [-0.4, -0.2) is 15.7 Å². The number of carbonyl (C=O) groups is 1. The van der Waals surface area contributed by atoms with Crippen LogP contribution in [0, 0.1) is 0 Å². The summed E-state index contributed by atoms with van der Waals surface area (Å²) in [6.45, 7) is 9.84. The Morgan fingerprint density at radius 2 is 1.70 bits per heavy atom. The smallest absolute Gasteiger partial charge is 0.272 e. The van der Waals surface area contributed by atoms with Gasteiger partial charge in [-0.3, -0.25) is 9.48 Å². The highest BCUT2D eigenvalue weighted by Crippen LogP contribution is 2.26. The topological polar surface area (TPSA) is 46.9 Å². The largest absolute Gasteiger partial charge is 0.347 e. The Hall–Kier alpha value is -2.88. The summed E-state index contributed by atoms with van der Waals surface area (Å²) in [5, 5.41) is 7.44. The van der Waals surface area contributed by atoms with E-state index in [0.717, 1.165) is 16.8 Å². The van der Waals surface area contributed by atoms with Crippen LogP contribution in [0.3, 0.4) is 0 Å². The summed E-state index contributed by atoms with van der Waals surface area (Å²) >= 11 is 0. The number of aromatic nitrogens is 2. The minimum absolute atomic E-state index is 0.117. The maximum atomic E-state index is 12.5. The molecule has 27 heavy (non-hydrogen) atoms. The van der Waals surface area contributed by atoms with Gasteiger partial charge in [0.05, 0.1) is 5.69 Å². The summed E-state index contributed by atoms with van der Waals surface area (Å²) in [6.07, 6.45) is 0. The monoisotopic (exact) mass is 361 g/mol. The van der Waals surface area contributed by atoms with E-state index in [2.05, 4.69) is 55.5 Å². The van der Waals surface area contributed by atoms with Gasteiger partial charge in [0.1, 0.15) is 0 Å². The van der Waals surface area contributed by atoms with Gasteiger partial charge in [0, 0.05) is 13.1 Å². The lowest BCUT2D eigenvalue weighted by atomic mass is 9.86. The number of rotatable bonds is 5. The molecule has 4 heteroatoms. The van der Waals surface area contributed by atoms with Crippen molar-refractivity contribution in [3.8, 4) is 11.3 Å². The first-order valence-electron chi connectivity index (χ1n) is 9.39. The fourth-order valence-corrected chi connectivity index (χ4v) is 3.01. The van der Waals surface area contributed by atoms with Crippen LogP contribution in [0.25, 0.3) is 11.3 Å². The van der Waals surface area contributed by atoms with E-state index in [9.17, 15) is 4.79 Å². The second-order valence-electron chi connectivity index (χ2n) is 7.73. The van der Waals surface area contributed by atoms with E-state index >= 15 is 0 Å². The summed E-state index contributed by atoms with van der Waals surface area (Å²) in [7, 11) is 0. The molecule has 0 bridgehead atoms. The van der Waals surface area contributed by atoms with E-state index in [1.807, 2.05) is 48.0 Å². The zero-order valence-electron chi connectivity index (χ0n) is 16.5. The van der Waals surface area contributed by atoms with Gasteiger partial charge in [0.15, 0.2) is 5.69 Å². The standard InChI is InChI=1S/C23H27N3O/c1-5-26-21(18-11-13-19(14-12-18)23(2,3)4)15-20(25-26)22(27)24-16-17-9-7-6-8-10-17/h6-15H,5,16H2,1-4H3,(H,24,27). The second-order valence-corrected chi connectivity index (χ2v) is 7.73. The highest BCUT2D eigenvalue weighted by atomic mass is 16.1. The Balaban J connectivity index is 1.79. The summed E-state index contributed by atoms with van der Waals surface area (Å²) in [6, 6.07) is 20.3. The Kier molecular flexibility index (Phi) is 5.45. The number of nitrogens with one attached hydrogen (secondary N) is 1. The number of aryl methyl sites for hydroxylation is 1. The van der Waals surface area contributed by atoms with Crippen molar-refractivity contribution in [1.29, 1.82) is 0 Å². The first kappa shape index (κ1) is 18.9. The molecular weight excluding hydrogens is 334 g/mol. The van der Waals surface area contributed by atoms with Crippen molar-refractivity contribution < 1.29 is 4.79 Å². The van der Waals surface area contributed by atoms with Gasteiger partial charge in [0.25, 0.3) is 5.91 Å². The number of amides is 1. The van der Waals surface area contributed by atoms with Crippen LogP contribution < -0.4 is 5.32 Å². The van der Waals surface area contributed by atoms with Crippen molar-refractivity contribution >= 4 is 5.91 Å². The third-order valence-corrected chi connectivity index (χ3v) is 4.65. The molecule has 0 unspecified atom stereocenters. The van der Waals surface area contributed by atoms with Crippen molar-refractivity contribution in [2.24, 2.45) is 0 Å². The van der Waals surface area contributed by atoms with E-state index < -0.39 is 0 Å². The summed E-state index contributed by atoms with van der Waals surface area (Å²) < 4.78 is 1.88. The molecule has 4 nitrogen and oxygen atoms in total. The van der Waals surface area contributed by atoms with E-state index in [4.69, 9.17) is 0 Å². The van der Waals surface area contributed by atoms with Crippen molar-refractivity contribution in [3.63, 3.8) is 0 Å². The van der Waals surface area contributed by atoms with E-state index in [1.54, 1.807) is 0 Å². The van der Waals surface area contributed by atoms with E-state index in [-0.39, 0.29) is 11.3 Å². The number of benzene rings is 2. The molecule has 0 aliphatic rings. The first-order chi connectivity index (χ1) is 12.9. The molecule has 1 N–H and O–H groups in total. The van der Waals surface area contributed by atoms with Crippen LogP contribution in [0.15, 0.2) is 60.7 Å². The lowest BCUT2D eigenvalue weighted by molar-refractivity contribution is 0.0945. The molecule has 0 radical (unpaired) electrons. The van der Waals surface area contributed by atoms with E-state index in [1.165, 1.54) is 5.56 Å². The zero-order chi connectivity index (χ0) is 19.4. The number of carbonyl (C=O) groups excluding carboxylic acids is 1. The van der Waals surface area contributed by atoms with Gasteiger partial charge in [-0.1, -0.05) is 75.4 Å². The van der Waals surface area contributed by atoms with Crippen LogP contribution in [0.5, 0.6) is 0 Å². The molecule has 2 aromatic carbocycles. The van der Waals surface area contributed by atoms with Crippen molar-refractivity contribution in [2.45, 2.75) is 46.2 Å². The lowest BCUT2D eigenvalue weighted by Crippen LogP contribution is -2.23. The van der Waals surface area contributed by atoms with Gasteiger partial charge in [-0.05, 0) is 35.1 Å². The van der Waals surface area contributed by atoms with Crippen molar-refractivity contribution in [2.75, 3.05) is 0 Å². The number of nitrogens with zero attached hydrogens (tertiary/aromatic N) is 2. The molecule has 3 rings (SSSR count). The van der Waals surface area contributed by atoms with Gasteiger partial charge in [-0.2, -0.15) is 5.10 Å². The third kappa shape index (κ3) is 4.45. The molecular formula is C23H27N3O. The Morgan fingerprint density at radius 3 is 2.30 bits per heavy atom. The molecule has 0 spiro atoms. The Bertz CT molecular complexity index is 903. The predicted molar refractivity (Wildman–Crippen MR) is 110 cm³/mol. The van der Waals surface area contributed by atoms with Crippen molar-refractivity contribution in [1.82, 2.24) is 15.1 Å². The predicted octanol–water partition coefficient (Wildman–Crippen LogP) is 4.80. The molecule has 0 fully saturated rings. The fourth-order valence-electron chi connectivity index (χ4n) is 3.01. The molecule has 140 valence electrons. The highest BCUT2D eigenvalue weighted by Gasteiger charge is 2.17. The van der Waals surface area contributed by atoms with Crippen LogP contribution >= 0.6 is 0 Å². The van der Waals surface area contributed by atoms with Gasteiger partial charge < -0.3 is 5.32 Å².